The first kappa shape index (κ1) is 24.9. The van der Waals surface area contributed by atoms with Gasteiger partial charge in [0.05, 0.1) is 0 Å². The van der Waals surface area contributed by atoms with Gasteiger partial charge in [0.1, 0.15) is 0 Å². The molecule has 1 atom stereocenters. The number of amides is 1. The van der Waals surface area contributed by atoms with Crippen molar-refractivity contribution in [3.05, 3.63) is 108 Å². The Bertz CT molecular complexity index is 1280. The van der Waals surface area contributed by atoms with Gasteiger partial charge in [-0.3, -0.25) is 0 Å². The summed E-state index contributed by atoms with van der Waals surface area (Å²) in [6, 6.07) is 32.8. The molecule has 1 aliphatic heterocycles. The molecule has 1 aliphatic rings. The van der Waals surface area contributed by atoms with E-state index in [1.54, 1.807) is 17.9 Å². The summed E-state index contributed by atoms with van der Waals surface area (Å²) in [5, 5.41) is 2.35. The summed E-state index contributed by atoms with van der Waals surface area (Å²) in [7, 11) is 0. The van der Waals surface area contributed by atoms with E-state index < -0.39 is 11.3 Å². The first-order valence-electron chi connectivity index (χ1n) is 12.0. The van der Waals surface area contributed by atoms with Gasteiger partial charge in [-0.15, -0.1) is 0 Å². The molecule has 1 aromatic heterocycles. The number of ether oxygens (including phenoxy) is 1. The molecular formula is C29H27BrNO3PS. The molecule has 1 fully saturated rings. The van der Waals surface area contributed by atoms with Crippen LogP contribution < -0.4 is 20.8 Å². The SMILES string of the molecule is CCOC(=O)c1ccsc1N1CCC(P(Br)(c2ccccc2)(c2ccccc2)c2ccccc2)C1=O. The van der Waals surface area contributed by atoms with Crippen LogP contribution in [0.1, 0.15) is 23.7 Å². The number of carbonyl (C=O) groups excluding carboxylic acids is 2. The molecule has 0 bridgehead atoms. The number of nitrogens with zero attached hydrogens (tertiary/aromatic N) is 1. The van der Waals surface area contributed by atoms with E-state index in [9.17, 15) is 9.59 Å². The minimum absolute atomic E-state index is 0.0223. The average Bonchev–Trinajstić information content (AvgIpc) is 3.57. The van der Waals surface area contributed by atoms with Gasteiger partial charge in [-0.2, -0.15) is 0 Å². The molecule has 4 aromatic rings. The van der Waals surface area contributed by atoms with Crippen LogP contribution in [0.5, 0.6) is 0 Å². The van der Waals surface area contributed by atoms with Crippen LogP contribution in [0.2, 0.25) is 0 Å². The van der Waals surface area contributed by atoms with Crippen LogP contribution in [0, 0.1) is 0 Å². The van der Waals surface area contributed by atoms with E-state index in [0.717, 1.165) is 15.9 Å². The fourth-order valence-corrected chi connectivity index (χ4v) is 14.9. The number of anilines is 1. The van der Waals surface area contributed by atoms with E-state index in [0.29, 0.717) is 30.1 Å². The van der Waals surface area contributed by atoms with Gasteiger partial charge in [-0.1, -0.05) is 0 Å². The van der Waals surface area contributed by atoms with Crippen molar-refractivity contribution < 1.29 is 14.3 Å². The van der Waals surface area contributed by atoms with Crippen molar-refractivity contribution in [2.75, 3.05) is 18.1 Å². The number of halogens is 1. The molecule has 0 N–H and O–H groups in total. The fourth-order valence-electron chi connectivity index (χ4n) is 5.34. The zero-order chi connectivity index (χ0) is 25.2. The quantitative estimate of drug-likeness (QED) is 0.203. The van der Waals surface area contributed by atoms with E-state index >= 15 is 0 Å². The van der Waals surface area contributed by atoms with Crippen molar-refractivity contribution in [1.29, 1.82) is 0 Å². The Labute approximate surface area is 223 Å². The summed E-state index contributed by atoms with van der Waals surface area (Å²) < 4.78 is 5.27. The second-order valence-electron chi connectivity index (χ2n) is 8.73. The molecule has 1 unspecified atom stereocenters. The zero-order valence-corrected chi connectivity index (χ0v) is 23.2. The number of esters is 1. The van der Waals surface area contributed by atoms with E-state index in [4.69, 9.17) is 4.74 Å². The third-order valence-electron chi connectivity index (χ3n) is 6.93. The fraction of sp³-hybridized carbons (Fsp3) is 0.172. The molecule has 4 nitrogen and oxygen atoms in total. The predicted molar refractivity (Wildman–Crippen MR) is 155 cm³/mol. The van der Waals surface area contributed by atoms with Crippen molar-refractivity contribution in [3.8, 4) is 0 Å². The van der Waals surface area contributed by atoms with Crippen molar-refractivity contribution in [3.63, 3.8) is 0 Å². The van der Waals surface area contributed by atoms with Crippen LogP contribution in [0.3, 0.4) is 0 Å². The molecule has 0 radical (unpaired) electrons. The van der Waals surface area contributed by atoms with Crippen molar-refractivity contribution in [2.24, 2.45) is 0 Å². The Morgan fingerprint density at radius 3 is 1.89 bits per heavy atom. The molecule has 0 saturated carbocycles. The summed E-state index contributed by atoms with van der Waals surface area (Å²) in [6.07, 6.45) is 0.654. The van der Waals surface area contributed by atoms with Crippen molar-refractivity contribution in [2.45, 2.75) is 19.0 Å². The van der Waals surface area contributed by atoms with Gasteiger partial charge in [-0.05, 0) is 0 Å². The molecule has 7 heteroatoms. The average molecular weight is 580 g/mol. The first-order valence-corrected chi connectivity index (χ1v) is 17.2. The van der Waals surface area contributed by atoms with Crippen molar-refractivity contribution >= 4 is 64.9 Å². The topological polar surface area (TPSA) is 46.6 Å². The Hall–Kier alpha value is -2.79. The molecule has 3 aromatic carbocycles. The Morgan fingerprint density at radius 2 is 1.42 bits per heavy atom. The molecule has 5 rings (SSSR count). The molecule has 1 amide bonds. The molecule has 36 heavy (non-hydrogen) atoms. The molecule has 2 heterocycles. The maximum atomic E-state index is 14.5. The number of benzene rings is 3. The molecule has 0 aliphatic carbocycles. The number of hydrogen-bond acceptors (Lipinski definition) is 4. The summed E-state index contributed by atoms with van der Waals surface area (Å²) in [5.41, 5.74) is 0.102. The van der Waals surface area contributed by atoms with E-state index in [2.05, 4.69) is 51.9 Å². The van der Waals surface area contributed by atoms with Crippen LogP contribution in [-0.2, 0) is 9.53 Å². The molecular weight excluding hydrogens is 553 g/mol. The third-order valence-corrected chi connectivity index (χ3v) is 18.6. The second kappa shape index (κ2) is 9.93. The van der Waals surface area contributed by atoms with Crippen LogP contribution in [0.4, 0.5) is 5.00 Å². The molecule has 1 saturated heterocycles. The van der Waals surface area contributed by atoms with Crippen molar-refractivity contribution in [1.82, 2.24) is 0 Å². The van der Waals surface area contributed by atoms with E-state index in [-0.39, 0.29) is 11.6 Å². The van der Waals surface area contributed by atoms with Gasteiger partial charge in [0, 0.05) is 0 Å². The van der Waals surface area contributed by atoms with Crippen LogP contribution in [0.25, 0.3) is 0 Å². The Balaban J connectivity index is 1.73. The summed E-state index contributed by atoms with van der Waals surface area (Å²) in [4.78, 5) is 28.9. The minimum atomic E-state index is -3.49. The number of carbonyl (C=O) groups is 2. The van der Waals surface area contributed by atoms with Gasteiger partial charge in [-0.25, -0.2) is 0 Å². The van der Waals surface area contributed by atoms with Gasteiger partial charge in [0.15, 0.2) is 0 Å². The predicted octanol–water partition coefficient (Wildman–Crippen LogP) is 5.87. The van der Waals surface area contributed by atoms with E-state index in [1.807, 2.05) is 60.0 Å². The third kappa shape index (κ3) is 3.75. The summed E-state index contributed by atoms with van der Waals surface area (Å²) in [6.45, 7) is 2.61. The summed E-state index contributed by atoms with van der Waals surface area (Å²) >= 11 is 5.85. The Kier molecular flexibility index (Phi) is 6.86. The molecule has 184 valence electrons. The van der Waals surface area contributed by atoms with Gasteiger partial charge in [0.25, 0.3) is 0 Å². The van der Waals surface area contributed by atoms with Crippen LogP contribution in [0.15, 0.2) is 102 Å². The zero-order valence-electron chi connectivity index (χ0n) is 19.9. The first-order chi connectivity index (χ1) is 17.5. The number of rotatable bonds is 7. The van der Waals surface area contributed by atoms with Gasteiger partial charge >= 0.3 is 224 Å². The van der Waals surface area contributed by atoms with Crippen LogP contribution in [-0.4, -0.2) is 30.7 Å². The standard InChI is InChI=1S/C29H27BrNO3PS/c1-2-34-29(33)25-19-21-36-28(25)31-20-18-26(27(31)32)35(30,22-12-6-3-7-13-22,23-14-8-4-9-15-23)24-16-10-5-11-17-24/h3-17,19,21,26H,2,18,20H2,1H3. The Morgan fingerprint density at radius 1 is 0.917 bits per heavy atom. The van der Waals surface area contributed by atoms with Gasteiger partial charge < -0.3 is 0 Å². The van der Waals surface area contributed by atoms with Gasteiger partial charge in [0.2, 0.25) is 0 Å². The second-order valence-corrected chi connectivity index (χ2v) is 18.4. The van der Waals surface area contributed by atoms with Crippen LogP contribution >= 0.6 is 32.1 Å². The number of hydrogen-bond donors (Lipinski definition) is 0. The summed E-state index contributed by atoms with van der Waals surface area (Å²) in [5.74, 6) is -0.371. The van der Waals surface area contributed by atoms with E-state index in [1.165, 1.54) is 11.3 Å². The monoisotopic (exact) mass is 579 g/mol. The normalized spacial score (nSPS) is 16.9. The molecule has 0 spiro atoms. The maximum absolute atomic E-state index is 14.5. The number of thiophene rings is 1.